The van der Waals surface area contributed by atoms with Crippen molar-refractivity contribution in [3.8, 4) is 0 Å². The van der Waals surface area contributed by atoms with E-state index in [4.69, 9.17) is 5.11 Å². The lowest BCUT2D eigenvalue weighted by Gasteiger charge is -2.21. The first-order chi connectivity index (χ1) is 6.93. The fourth-order valence-electron chi connectivity index (χ4n) is 1.91. The molecule has 15 heavy (non-hydrogen) atoms. The monoisotopic (exact) mass is 211 g/mol. The SMILES string of the molecule is CC(C)=CC(=O)N1CCC(C(=O)O)C1C. The summed E-state index contributed by atoms with van der Waals surface area (Å²) >= 11 is 0. The number of likely N-dealkylation sites (tertiary alicyclic amines) is 1. The molecule has 84 valence electrons. The number of amides is 1. The first kappa shape index (κ1) is 11.8. The molecule has 2 unspecified atom stereocenters. The summed E-state index contributed by atoms with van der Waals surface area (Å²) in [4.78, 5) is 24.2. The molecular formula is C11H17NO3. The maximum atomic E-state index is 11.7. The zero-order chi connectivity index (χ0) is 11.6. The minimum atomic E-state index is -0.810. The van der Waals surface area contributed by atoms with E-state index in [9.17, 15) is 9.59 Å². The third-order valence-corrected chi connectivity index (χ3v) is 2.77. The summed E-state index contributed by atoms with van der Waals surface area (Å²) in [5, 5.41) is 8.91. The molecule has 1 saturated heterocycles. The van der Waals surface area contributed by atoms with Crippen molar-refractivity contribution in [2.24, 2.45) is 5.92 Å². The number of rotatable bonds is 2. The number of aliphatic carboxylic acids is 1. The second-order valence-corrected chi connectivity index (χ2v) is 4.23. The second kappa shape index (κ2) is 4.47. The minimum Gasteiger partial charge on any atom is -0.481 e. The van der Waals surface area contributed by atoms with Crippen molar-refractivity contribution in [3.05, 3.63) is 11.6 Å². The van der Waals surface area contributed by atoms with E-state index in [-0.39, 0.29) is 11.9 Å². The van der Waals surface area contributed by atoms with E-state index in [2.05, 4.69) is 0 Å². The summed E-state index contributed by atoms with van der Waals surface area (Å²) in [6.07, 6.45) is 2.11. The van der Waals surface area contributed by atoms with Crippen molar-refractivity contribution >= 4 is 11.9 Å². The molecule has 1 rings (SSSR count). The molecule has 1 heterocycles. The molecule has 0 spiro atoms. The van der Waals surface area contributed by atoms with Crippen LogP contribution in [0, 0.1) is 5.92 Å². The van der Waals surface area contributed by atoms with Crippen LogP contribution in [0.25, 0.3) is 0 Å². The highest BCUT2D eigenvalue weighted by Crippen LogP contribution is 2.24. The van der Waals surface area contributed by atoms with E-state index >= 15 is 0 Å². The Hall–Kier alpha value is -1.32. The zero-order valence-electron chi connectivity index (χ0n) is 9.36. The fraction of sp³-hybridized carbons (Fsp3) is 0.636. The van der Waals surface area contributed by atoms with Gasteiger partial charge in [0.15, 0.2) is 0 Å². The molecule has 1 fully saturated rings. The topological polar surface area (TPSA) is 57.6 Å². The molecule has 0 radical (unpaired) electrons. The van der Waals surface area contributed by atoms with Gasteiger partial charge in [-0.1, -0.05) is 5.57 Å². The van der Waals surface area contributed by atoms with E-state index in [1.807, 2.05) is 13.8 Å². The molecule has 1 aliphatic heterocycles. The van der Waals surface area contributed by atoms with Crippen LogP contribution in [0.5, 0.6) is 0 Å². The molecule has 1 amide bonds. The van der Waals surface area contributed by atoms with E-state index in [0.717, 1.165) is 5.57 Å². The summed E-state index contributed by atoms with van der Waals surface area (Å²) < 4.78 is 0. The predicted molar refractivity (Wildman–Crippen MR) is 56.3 cm³/mol. The highest BCUT2D eigenvalue weighted by molar-refractivity contribution is 5.89. The standard InChI is InChI=1S/C11H17NO3/c1-7(2)6-10(13)12-5-4-9(8(12)3)11(14)15/h6,8-9H,4-5H2,1-3H3,(H,14,15). The predicted octanol–water partition coefficient (Wildman–Crippen LogP) is 1.27. The van der Waals surface area contributed by atoms with Crippen molar-refractivity contribution in [3.63, 3.8) is 0 Å². The highest BCUT2D eigenvalue weighted by atomic mass is 16.4. The third-order valence-electron chi connectivity index (χ3n) is 2.77. The number of nitrogens with zero attached hydrogens (tertiary/aromatic N) is 1. The zero-order valence-corrected chi connectivity index (χ0v) is 9.36. The Kier molecular flexibility index (Phi) is 3.50. The van der Waals surface area contributed by atoms with Gasteiger partial charge in [0.2, 0.25) is 5.91 Å². The molecule has 2 atom stereocenters. The first-order valence-electron chi connectivity index (χ1n) is 5.11. The van der Waals surface area contributed by atoms with Crippen LogP contribution >= 0.6 is 0 Å². The average molecular weight is 211 g/mol. The number of hydrogen-bond acceptors (Lipinski definition) is 2. The molecule has 1 aliphatic rings. The molecular weight excluding hydrogens is 194 g/mol. The Morgan fingerprint density at radius 2 is 2.00 bits per heavy atom. The van der Waals surface area contributed by atoms with Gasteiger partial charge in [-0.05, 0) is 27.2 Å². The third kappa shape index (κ3) is 2.58. The van der Waals surface area contributed by atoms with Gasteiger partial charge >= 0.3 is 5.97 Å². The van der Waals surface area contributed by atoms with Gasteiger partial charge in [-0.15, -0.1) is 0 Å². The van der Waals surface area contributed by atoms with Crippen LogP contribution in [0.1, 0.15) is 27.2 Å². The number of carbonyl (C=O) groups excluding carboxylic acids is 1. The van der Waals surface area contributed by atoms with E-state index in [1.165, 1.54) is 0 Å². The smallest absolute Gasteiger partial charge is 0.308 e. The van der Waals surface area contributed by atoms with Crippen LogP contribution in [-0.2, 0) is 9.59 Å². The summed E-state index contributed by atoms with van der Waals surface area (Å²) in [6, 6.07) is -0.203. The van der Waals surface area contributed by atoms with Gasteiger partial charge in [-0.3, -0.25) is 9.59 Å². The average Bonchev–Trinajstić information content (AvgIpc) is 2.45. The van der Waals surface area contributed by atoms with Crippen LogP contribution in [0.2, 0.25) is 0 Å². The summed E-state index contributed by atoms with van der Waals surface area (Å²) in [6.45, 7) is 6.05. The number of carboxylic acids is 1. The van der Waals surface area contributed by atoms with Crippen molar-refractivity contribution in [1.29, 1.82) is 0 Å². The van der Waals surface area contributed by atoms with Gasteiger partial charge in [0.1, 0.15) is 0 Å². The molecule has 1 N–H and O–H groups in total. The van der Waals surface area contributed by atoms with Gasteiger partial charge in [0, 0.05) is 18.7 Å². The van der Waals surface area contributed by atoms with Gasteiger partial charge in [0.25, 0.3) is 0 Å². The second-order valence-electron chi connectivity index (χ2n) is 4.23. The van der Waals surface area contributed by atoms with Crippen molar-refractivity contribution in [1.82, 2.24) is 4.90 Å². The summed E-state index contributed by atoms with van der Waals surface area (Å²) in [7, 11) is 0. The molecule has 0 aromatic heterocycles. The van der Waals surface area contributed by atoms with E-state index in [0.29, 0.717) is 13.0 Å². The molecule has 4 nitrogen and oxygen atoms in total. The van der Waals surface area contributed by atoms with Gasteiger partial charge in [-0.25, -0.2) is 0 Å². The number of carbonyl (C=O) groups is 2. The lowest BCUT2D eigenvalue weighted by Crippen LogP contribution is -2.36. The van der Waals surface area contributed by atoms with E-state index in [1.54, 1.807) is 17.9 Å². The largest absolute Gasteiger partial charge is 0.481 e. The van der Waals surface area contributed by atoms with Crippen LogP contribution in [0.4, 0.5) is 0 Å². The minimum absolute atomic E-state index is 0.0775. The molecule has 0 aromatic rings. The summed E-state index contributed by atoms with van der Waals surface area (Å²) in [5.74, 6) is -1.30. The summed E-state index contributed by atoms with van der Waals surface area (Å²) in [5.41, 5.74) is 0.936. The van der Waals surface area contributed by atoms with E-state index < -0.39 is 11.9 Å². The van der Waals surface area contributed by atoms with Crippen LogP contribution in [0.3, 0.4) is 0 Å². The Labute approximate surface area is 89.6 Å². The Balaban J connectivity index is 2.71. The molecule has 0 aromatic carbocycles. The first-order valence-corrected chi connectivity index (χ1v) is 5.11. The molecule has 0 bridgehead atoms. The van der Waals surface area contributed by atoms with Gasteiger partial charge < -0.3 is 10.0 Å². The van der Waals surface area contributed by atoms with Gasteiger partial charge in [-0.2, -0.15) is 0 Å². The Morgan fingerprint density at radius 1 is 1.40 bits per heavy atom. The number of hydrogen-bond donors (Lipinski definition) is 1. The fourth-order valence-corrected chi connectivity index (χ4v) is 1.91. The highest BCUT2D eigenvalue weighted by Gasteiger charge is 2.37. The van der Waals surface area contributed by atoms with Crippen molar-refractivity contribution in [2.45, 2.75) is 33.2 Å². The Bertz CT molecular complexity index is 305. The quantitative estimate of drug-likeness (QED) is 0.700. The van der Waals surface area contributed by atoms with Crippen LogP contribution in [-0.4, -0.2) is 34.5 Å². The lowest BCUT2D eigenvalue weighted by atomic mass is 10.0. The maximum absolute atomic E-state index is 11.7. The van der Waals surface area contributed by atoms with Crippen LogP contribution < -0.4 is 0 Å². The number of carboxylic acid groups (broad SMARTS) is 1. The normalized spacial score (nSPS) is 25.1. The Morgan fingerprint density at radius 3 is 2.40 bits per heavy atom. The molecule has 4 heteroatoms. The molecule has 0 aliphatic carbocycles. The van der Waals surface area contributed by atoms with Gasteiger partial charge in [0.05, 0.1) is 5.92 Å². The van der Waals surface area contributed by atoms with Crippen molar-refractivity contribution in [2.75, 3.05) is 6.54 Å². The van der Waals surface area contributed by atoms with Crippen molar-refractivity contribution < 1.29 is 14.7 Å². The maximum Gasteiger partial charge on any atom is 0.308 e. The van der Waals surface area contributed by atoms with Crippen LogP contribution in [0.15, 0.2) is 11.6 Å². The molecule has 0 saturated carbocycles. The number of allylic oxidation sites excluding steroid dienone is 1. The lowest BCUT2D eigenvalue weighted by molar-refractivity contribution is -0.142.